The van der Waals surface area contributed by atoms with E-state index in [1.165, 1.54) is 28.7 Å². The topological polar surface area (TPSA) is 32.3 Å². The molecule has 0 amide bonds. The average Bonchev–Trinajstić information content (AvgIpc) is 2.47. The number of phenolic OH excluding ortho intramolecular Hbond substituents is 1. The second-order valence-corrected chi connectivity index (χ2v) is 6.13. The summed E-state index contributed by atoms with van der Waals surface area (Å²) < 4.78 is 0. The van der Waals surface area contributed by atoms with Crippen LogP contribution in [0.2, 0.25) is 0 Å². The highest BCUT2D eigenvalue weighted by Crippen LogP contribution is 2.33. The van der Waals surface area contributed by atoms with Crippen molar-refractivity contribution in [1.29, 1.82) is 0 Å². The standard InChI is InChI=1S/C19H23NO/c1-13-6-8-15(9-7-13)14(2)20-19-5-3-4-16-12-17(21)10-11-18(16)19/h6-12,14,19-21H,3-5H2,1-2H3. The number of fused-ring (bicyclic) bond motifs is 1. The molecule has 0 bridgehead atoms. The average molecular weight is 281 g/mol. The van der Waals surface area contributed by atoms with Crippen molar-refractivity contribution in [2.45, 2.75) is 45.2 Å². The fraction of sp³-hybridized carbons (Fsp3) is 0.368. The first-order valence-electron chi connectivity index (χ1n) is 7.78. The van der Waals surface area contributed by atoms with Crippen molar-refractivity contribution < 1.29 is 5.11 Å². The molecule has 2 aromatic carbocycles. The Morgan fingerprint density at radius 2 is 1.90 bits per heavy atom. The molecule has 0 spiro atoms. The van der Waals surface area contributed by atoms with Crippen LogP contribution in [0.25, 0.3) is 0 Å². The zero-order valence-electron chi connectivity index (χ0n) is 12.8. The van der Waals surface area contributed by atoms with Gasteiger partial charge >= 0.3 is 0 Å². The number of nitrogens with one attached hydrogen (secondary N) is 1. The largest absolute Gasteiger partial charge is 0.508 e. The van der Waals surface area contributed by atoms with Crippen molar-refractivity contribution in [3.63, 3.8) is 0 Å². The molecule has 2 aromatic rings. The number of rotatable bonds is 3. The minimum atomic E-state index is 0.329. The maximum atomic E-state index is 9.64. The van der Waals surface area contributed by atoms with Crippen LogP contribution in [0.1, 0.15) is 54.1 Å². The zero-order chi connectivity index (χ0) is 14.8. The molecule has 1 aliphatic rings. The summed E-state index contributed by atoms with van der Waals surface area (Å²) in [6.07, 6.45) is 3.41. The smallest absolute Gasteiger partial charge is 0.115 e. The minimum Gasteiger partial charge on any atom is -0.508 e. The number of hydrogen-bond donors (Lipinski definition) is 2. The summed E-state index contributed by atoms with van der Waals surface area (Å²) in [6, 6.07) is 15.2. The van der Waals surface area contributed by atoms with Crippen molar-refractivity contribution in [3.05, 3.63) is 64.7 Å². The first-order chi connectivity index (χ1) is 10.1. The Hall–Kier alpha value is -1.80. The first-order valence-corrected chi connectivity index (χ1v) is 7.78. The van der Waals surface area contributed by atoms with Gasteiger partial charge in [0.1, 0.15) is 5.75 Å². The van der Waals surface area contributed by atoms with Crippen LogP contribution in [0.4, 0.5) is 0 Å². The molecule has 110 valence electrons. The molecule has 0 aromatic heterocycles. The van der Waals surface area contributed by atoms with E-state index >= 15 is 0 Å². The second kappa shape index (κ2) is 5.90. The fourth-order valence-corrected chi connectivity index (χ4v) is 3.23. The minimum absolute atomic E-state index is 0.329. The molecule has 3 rings (SSSR count). The highest BCUT2D eigenvalue weighted by atomic mass is 16.3. The highest BCUT2D eigenvalue weighted by Gasteiger charge is 2.22. The molecule has 2 nitrogen and oxygen atoms in total. The molecule has 2 unspecified atom stereocenters. The van der Waals surface area contributed by atoms with E-state index in [4.69, 9.17) is 0 Å². The van der Waals surface area contributed by atoms with Crippen LogP contribution in [0.3, 0.4) is 0 Å². The third kappa shape index (κ3) is 3.11. The zero-order valence-corrected chi connectivity index (χ0v) is 12.8. The van der Waals surface area contributed by atoms with Crippen LogP contribution in [0, 0.1) is 6.92 Å². The molecule has 21 heavy (non-hydrogen) atoms. The second-order valence-electron chi connectivity index (χ2n) is 6.13. The van der Waals surface area contributed by atoms with Gasteiger partial charge in [-0.2, -0.15) is 0 Å². The molecule has 1 aliphatic carbocycles. The van der Waals surface area contributed by atoms with Crippen molar-refractivity contribution >= 4 is 0 Å². The van der Waals surface area contributed by atoms with Crippen LogP contribution >= 0.6 is 0 Å². The lowest BCUT2D eigenvalue weighted by Crippen LogP contribution is -2.27. The Bertz CT molecular complexity index is 618. The van der Waals surface area contributed by atoms with E-state index in [2.05, 4.69) is 49.5 Å². The lowest BCUT2D eigenvalue weighted by atomic mass is 9.87. The Labute approximate surface area is 126 Å². The predicted molar refractivity (Wildman–Crippen MR) is 86.5 cm³/mol. The highest BCUT2D eigenvalue weighted by molar-refractivity contribution is 5.38. The van der Waals surface area contributed by atoms with Crippen molar-refractivity contribution in [2.75, 3.05) is 0 Å². The Kier molecular flexibility index (Phi) is 3.98. The van der Waals surface area contributed by atoms with Gasteiger partial charge in [-0.1, -0.05) is 35.9 Å². The Morgan fingerprint density at radius 3 is 2.67 bits per heavy atom. The van der Waals surface area contributed by atoms with Crippen LogP contribution in [0.5, 0.6) is 5.75 Å². The fourth-order valence-electron chi connectivity index (χ4n) is 3.23. The van der Waals surface area contributed by atoms with E-state index in [1.807, 2.05) is 6.07 Å². The van der Waals surface area contributed by atoms with E-state index < -0.39 is 0 Å². The normalized spacial score (nSPS) is 19.0. The molecule has 0 aliphatic heterocycles. The first kappa shape index (κ1) is 14.2. The number of phenols is 1. The maximum absolute atomic E-state index is 9.64. The third-order valence-corrected chi connectivity index (χ3v) is 4.47. The lowest BCUT2D eigenvalue weighted by Gasteiger charge is -2.29. The van der Waals surface area contributed by atoms with Gasteiger partial charge < -0.3 is 10.4 Å². The summed E-state index contributed by atoms with van der Waals surface area (Å²) in [4.78, 5) is 0. The van der Waals surface area contributed by atoms with Crippen LogP contribution in [-0.2, 0) is 6.42 Å². The van der Waals surface area contributed by atoms with Crippen LogP contribution < -0.4 is 5.32 Å². The molecule has 0 heterocycles. The Morgan fingerprint density at radius 1 is 1.14 bits per heavy atom. The van der Waals surface area contributed by atoms with Gasteiger partial charge in [0.25, 0.3) is 0 Å². The summed E-state index contributed by atoms with van der Waals surface area (Å²) in [5.74, 6) is 0.376. The maximum Gasteiger partial charge on any atom is 0.115 e. The van der Waals surface area contributed by atoms with Crippen LogP contribution in [0.15, 0.2) is 42.5 Å². The SMILES string of the molecule is Cc1ccc(C(C)NC2CCCc3cc(O)ccc32)cc1. The summed E-state index contributed by atoms with van der Waals surface area (Å²) in [6.45, 7) is 4.34. The molecule has 2 heteroatoms. The third-order valence-electron chi connectivity index (χ3n) is 4.47. The molecule has 0 radical (unpaired) electrons. The molecule has 2 atom stereocenters. The van der Waals surface area contributed by atoms with Crippen LogP contribution in [-0.4, -0.2) is 5.11 Å². The summed E-state index contributed by atoms with van der Waals surface area (Å²) >= 11 is 0. The Balaban J connectivity index is 1.78. The summed E-state index contributed by atoms with van der Waals surface area (Å²) in [5.41, 5.74) is 5.25. The van der Waals surface area contributed by atoms with Gasteiger partial charge in [-0.15, -0.1) is 0 Å². The van der Waals surface area contributed by atoms with E-state index in [0.717, 1.165) is 12.8 Å². The van der Waals surface area contributed by atoms with Gasteiger partial charge in [-0.25, -0.2) is 0 Å². The van der Waals surface area contributed by atoms with Gasteiger partial charge in [0, 0.05) is 12.1 Å². The number of aromatic hydroxyl groups is 1. The molecular weight excluding hydrogens is 258 g/mol. The molecule has 0 saturated carbocycles. The van der Waals surface area contributed by atoms with E-state index in [0.29, 0.717) is 17.8 Å². The van der Waals surface area contributed by atoms with Gasteiger partial charge in [0.2, 0.25) is 0 Å². The summed E-state index contributed by atoms with van der Waals surface area (Å²) in [7, 11) is 0. The number of aryl methyl sites for hydroxylation is 2. The predicted octanol–water partition coefficient (Wildman–Crippen LogP) is 4.43. The summed E-state index contributed by atoms with van der Waals surface area (Å²) in [5, 5.41) is 13.4. The lowest BCUT2D eigenvalue weighted by molar-refractivity contribution is 0.412. The molecule has 0 saturated heterocycles. The van der Waals surface area contributed by atoms with E-state index in [9.17, 15) is 5.11 Å². The molecular formula is C19H23NO. The van der Waals surface area contributed by atoms with Crippen molar-refractivity contribution in [1.82, 2.24) is 5.32 Å². The quantitative estimate of drug-likeness (QED) is 0.872. The number of benzene rings is 2. The number of hydrogen-bond acceptors (Lipinski definition) is 2. The van der Waals surface area contributed by atoms with Gasteiger partial charge in [0.05, 0.1) is 0 Å². The monoisotopic (exact) mass is 281 g/mol. The van der Waals surface area contributed by atoms with E-state index in [-0.39, 0.29) is 0 Å². The molecule has 0 fully saturated rings. The van der Waals surface area contributed by atoms with Crippen molar-refractivity contribution in [3.8, 4) is 5.75 Å². The molecule has 2 N–H and O–H groups in total. The van der Waals surface area contributed by atoms with E-state index in [1.54, 1.807) is 6.07 Å². The van der Waals surface area contributed by atoms with Gasteiger partial charge in [-0.05, 0) is 61.9 Å². The van der Waals surface area contributed by atoms with Gasteiger partial charge in [-0.3, -0.25) is 0 Å². The van der Waals surface area contributed by atoms with Gasteiger partial charge in [0.15, 0.2) is 0 Å². The van der Waals surface area contributed by atoms with Crippen molar-refractivity contribution in [2.24, 2.45) is 0 Å².